The number of para-hydroxylation sites is 1. The van der Waals surface area contributed by atoms with Gasteiger partial charge in [-0.2, -0.15) is 0 Å². The molecule has 0 bridgehead atoms. The molecule has 2 aliphatic rings. The summed E-state index contributed by atoms with van der Waals surface area (Å²) in [6.07, 6.45) is 0. The summed E-state index contributed by atoms with van der Waals surface area (Å²) >= 11 is 0. The van der Waals surface area contributed by atoms with Crippen molar-refractivity contribution in [2.24, 2.45) is 0 Å². The third-order valence-electron chi connectivity index (χ3n) is 11.1. The summed E-state index contributed by atoms with van der Waals surface area (Å²) in [6.45, 7) is 4.77. The molecule has 0 saturated heterocycles. The van der Waals surface area contributed by atoms with E-state index in [9.17, 15) is 0 Å². The average molecular weight is 600 g/mol. The molecule has 8 aromatic rings. The van der Waals surface area contributed by atoms with Gasteiger partial charge in [-0.25, -0.2) is 0 Å². The van der Waals surface area contributed by atoms with Crippen molar-refractivity contribution in [3.8, 4) is 27.9 Å². The van der Waals surface area contributed by atoms with E-state index in [2.05, 4.69) is 182 Å². The molecule has 47 heavy (non-hydrogen) atoms. The van der Waals surface area contributed by atoms with E-state index < -0.39 is 5.41 Å². The molecule has 0 amide bonds. The van der Waals surface area contributed by atoms with Gasteiger partial charge in [-0.3, -0.25) is 0 Å². The highest BCUT2D eigenvalue weighted by molar-refractivity contribution is 6.14. The topological polar surface area (TPSA) is 4.93 Å². The van der Waals surface area contributed by atoms with Crippen LogP contribution in [0, 0.1) is 0 Å². The minimum absolute atomic E-state index is 0.0877. The number of aromatic nitrogens is 1. The van der Waals surface area contributed by atoms with E-state index in [0.29, 0.717) is 0 Å². The van der Waals surface area contributed by atoms with Crippen molar-refractivity contribution < 1.29 is 0 Å². The molecule has 0 radical (unpaired) electrons. The van der Waals surface area contributed by atoms with Crippen LogP contribution in [-0.2, 0) is 10.8 Å². The molecular weight excluding hydrogens is 567 g/mol. The molecule has 1 aromatic heterocycles. The van der Waals surface area contributed by atoms with Gasteiger partial charge in [-0.1, -0.05) is 153 Å². The van der Waals surface area contributed by atoms with Gasteiger partial charge in [0.05, 0.1) is 16.4 Å². The highest BCUT2D eigenvalue weighted by Crippen LogP contribution is 2.56. The number of rotatable bonds is 3. The molecule has 0 N–H and O–H groups in total. The maximum Gasteiger partial charge on any atom is 0.0713 e. The van der Waals surface area contributed by atoms with Gasteiger partial charge in [-0.05, 0) is 79.9 Å². The van der Waals surface area contributed by atoms with Gasteiger partial charge in [0.25, 0.3) is 0 Å². The van der Waals surface area contributed by atoms with E-state index in [1.54, 1.807) is 0 Å². The van der Waals surface area contributed by atoms with Gasteiger partial charge < -0.3 is 4.57 Å². The summed E-state index contributed by atoms with van der Waals surface area (Å²) in [5.41, 5.74) is 16.6. The average Bonchev–Trinajstić information content (AvgIpc) is 3.71. The quantitative estimate of drug-likeness (QED) is 0.190. The SMILES string of the molecule is CC1(C)c2ccccc2-c2ccc3c(c21)c1ccccc1n3-c1ccc(C2(c3ccccc3)c3ccccc3-c3ccccc32)cc1. The Morgan fingerprint density at radius 1 is 0.404 bits per heavy atom. The molecule has 1 heteroatoms. The van der Waals surface area contributed by atoms with Crippen molar-refractivity contribution >= 4 is 21.8 Å². The van der Waals surface area contributed by atoms with Crippen molar-refractivity contribution in [3.05, 3.63) is 197 Å². The summed E-state index contributed by atoms with van der Waals surface area (Å²) < 4.78 is 2.47. The second-order valence-electron chi connectivity index (χ2n) is 13.7. The number of nitrogens with zero attached hydrogens (tertiary/aromatic N) is 1. The van der Waals surface area contributed by atoms with Crippen LogP contribution in [-0.4, -0.2) is 4.57 Å². The van der Waals surface area contributed by atoms with Crippen molar-refractivity contribution in [3.63, 3.8) is 0 Å². The van der Waals surface area contributed by atoms with E-state index >= 15 is 0 Å². The number of hydrogen-bond acceptors (Lipinski definition) is 0. The first-order chi connectivity index (χ1) is 23.1. The van der Waals surface area contributed by atoms with Crippen molar-refractivity contribution in [2.75, 3.05) is 0 Å². The maximum absolute atomic E-state index is 2.47. The van der Waals surface area contributed by atoms with Gasteiger partial charge in [-0.15, -0.1) is 0 Å². The Hall–Kier alpha value is -5.66. The maximum atomic E-state index is 2.47. The number of benzene rings is 7. The van der Waals surface area contributed by atoms with E-state index in [0.717, 1.165) is 0 Å². The Kier molecular flexibility index (Phi) is 5.33. The molecule has 2 aliphatic carbocycles. The zero-order valence-electron chi connectivity index (χ0n) is 26.5. The van der Waals surface area contributed by atoms with Crippen LogP contribution in [0.4, 0.5) is 0 Å². The lowest BCUT2D eigenvalue weighted by Crippen LogP contribution is -2.28. The zero-order valence-corrected chi connectivity index (χ0v) is 26.5. The van der Waals surface area contributed by atoms with Gasteiger partial charge in [0.15, 0.2) is 0 Å². The predicted octanol–water partition coefficient (Wildman–Crippen LogP) is 11.5. The van der Waals surface area contributed by atoms with Gasteiger partial charge in [0.1, 0.15) is 0 Å². The standard InChI is InChI=1S/C46H33N/c1-45(2)38-20-10-6-18-35(38)36-28-29-42-43(44(36)45)37-19-9-13-23-41(37)47(42)32-26-24-31(25-27-32)46(30-14-4-3-5-15-30)39-21-11-7-16-33(39)34-17-8-12-22-40(34)46/h3-29H,1-2H3. The molecular formula is C46H33N. The molecule has 0 unspecified atom stereocenters. The smallest absolute Gasteiger partial charge is 0.0713 e. The van der Waals surface area contributed by atoms with Crippen LogP contribution in [0.5, 0.6) is 0 Å². The molecule has 0 aliphatic heterocycles. The molecule has 1 heterocycles. The monoisotopic (exact) mass is 599 g/mol. The summed E-state index contributed by atoms with van der Waals surface area (Å²) in [4.78, 5) is 0. The van der Waals surface area contributed by atoms with Crippen LogP contribution < -0.4 is 0 Å². The molecule has 222 valence electrons. The van der Waals surface area contributed by atoms with Crippen molar-refractivity contribution in [1.29, 1.82) is 0 Å². The first-order valence-corrected chi connectivity index (χ1v) is 16.6. The first-order valence-electron chi connectivity index (χ1n) is 16.6. The molecule has 7 aromatic carbocycles. The molecule has 10 rings (SSSR count). The Labute approximate surface area is 275 Å². The highest BCUT2D eigenvalue weighted by atomic mass is 15.0. The summed E-state index contributed by atoms with van der Waals surface area (Å²) in [7, 11) is 0. The van der Waals surface area contributed by atoms with Crippen LogP contribution in [0.3, 0.4) is 0 Å². The van der Waals surface area contributed by atoms with E-state index in [1.807, 2.05) is 0 Å². The molecule has 0 spiro atoms. The van der Waals surface area contributed by atoms with E-state index in [1.165, 1.54) is 83.1 Å². The Bertz CT molecular complexity index is 2480. The molecule has 0 saturated carbocycles. The van der Waals surface area contributed by atoms with Crippen LogP contribution in [0.1, 0.15) is 47.2 Å². The molecule has 0 atom stereocenters. The zero-order chi connectivity index (χ0) is 31.3. The van der Waals surface area contributed by atoms with Crippen molar-refractivity contribution in [2.45, 2.75) is 24.7 Å². The number of hydrogen-bond donors (Lipinski definition) is 0. The van der Waals surface area contributed by atoms with Crippen LogP contribution in [0.2, 0.25) is 0 Å². The van der Waals surface area contributed by atoms with E-state index in [4.69, 9.17) is 0 Å². The van der Waals surface area contributed by atoms with Gasteiger partial charge in [0.2, 0.25) is 0 Å². The summed E-state index contributed by atoms with van der Waals surface area (Å²) in [5.74, 6) is 0. The van der Waals surface area contributed by atoms with Crippen molar-refractivity contribution in [1.82, 2.24) is 4.57 Å². The Morgan fingerprint density at radius 3 is 1.62 bits per heavy atom. The van der Waals surface area contributed by atoms with Crippen LogP contribution in [0.15, 0.2) is 164 Å². The van der Waals surface area contributed by atoms with E-state index in [-0.39, 0.29) is 5.41 Å². The van der Waals surface area contributed by atoms with Crippen LogP contribution in [0.25, 0.3) is 49.7 Å². The Balaban J connectivity index is 1.22. The van der Waals surface area contributed by atoms with Gasteiger partial charge in [0, 0.05) is 21.9 Å². The number of fused-ring (bicyclic) bond motifs is 10. The highest BCUT2D eigenvalue weighted by Gasteiger charge is 2.46. The lowest BCUT2D eigenvalue weighted by atomic mass is 9.68. The molecule has 0 fully saturated rings. The Morgan fingerprint density at radius 2 is 0.936 bits per heavy atom. The second-order valence-corrected chi connectivity index (χ2v) is 13.7. The second kappa shape index (κ2) is 9.44. The largest absolute Gasteiger partial charge is 0.309 e. The van der Waals surface area contributed by atoms with Gasteiger partial charge >= 0.3 is 0 Å². The summed E-state index contributed by atoms with van der Waals surface area (Å²) in [5, 5.41) is 2.67. The normalized spacial score (nSPS) is 14.9. The fraction of sp³-hybridized carbons (Fsp3) is 0.0870. The fourth-order valence-electron chi connectivity index (χ4n) is 9.18. The van der Waals surface area contributed by atoms with Crippen LogP contribution >= 0.6 is 0 Å². The fourth-order valence-corrected chi connectivity index (χ4v) is 9.18. The molecule has 1 nitrogen and oxygen atoms in total. The predicted molar refractivity (Wildman–Crippen MR) is 196 cm³/mol. The first kappa shape index (κ1) is 26.5. The third kappa shape index (κ3) is 3.34. The minimum atomic E-state index is -0.398. The summed E-state index contributed by atoms with van der Waals surface area (Å²) in [6, 6.07) is 60.9. The lowest BCUT2D eigenvalue weighted by molar-refractivity contribution is 0.666. The minimum Gasteiger partial charge on any atom is -0.309 e. The third-order valence-corrected chi connectivity index (χ3v) is 11.1. The lowest BCUT2D eigenvalue weighted by Gasteiger charge is -2.34.